The summed E-state index contributed by atoms with van der Waals surface area (Å²) in [5.41, 5.74) is 0.789. The molecule has 9 heteroatoms. The van der Waals surface area contributed by atoms with Gasteiger partial charge in [-0.2, -0.15) is 0 Å². The molecule has 2 heterocycles. The summed E-state index contributed by atoms with van der Waals surface area (Å²) < 4.78 is 41.5. The van der Waals surface area contributed by atoms with Crippen LogP contribution in [0.3, 0.4) is 0 Å². The second-order valence-corrected chi connectivity index (χ2v) is 10.1. The zero-order chi connectivity index (χ0) is 21.3. The number of sulfone groups is 1. The average Bonchev–Trinajstić information content (AvgIpc) is 3.35. The molecular weight excluding hydrogens is 425 g/mol. The van der Waals surface area contributed by atoms with E-state index in [1.54, 1.807) is 36.2 Å². The minimum atomic E-state index is -3.98. The Kier molecular flexibility index (Phi) is 5.68. The van der Waals surface area contributed by atoms with Crippen LogP contribution in [0.5, 0.6) is 0 Å². The summed E-state index contributed by atoms with van der Waals surface area (Å²) in [6.45, 7) is 0.930. The van der Waals surface area contributed by atoms with Crippen LogP contribution in [0.4, 0.5) is 10.1 Å². The largest absolute Gasteiger partial charge is 0.314 e. The monoisotopic (exact) mass is 445 g/mol. The fourth-order valence-electron chi connectivity index (χ4n) is 3.43. The van der Waals surface area contributed by atoms with Gasteiger partial charge in [-0.05, 0) is 43.8 Å². The van der Waals surface area contributed by atoms with E-state index in [2.05, 4.69) is 10.3 Å². The fraction of sp³-hybridized carbons (Fsp3) is 0.238. The summed E-state index contributed by atoms with van der Waals surface area (Å²) in [6.07, 6.45) is 1.20. The number of nitrogens with one attached hydrogen (secondary N) is 1. The molecule has 3 aromatic rings. The highest BCUT2D eigenvalue weighted by Crippen LogP contribution is 2.38. The molecule has 4 rings (SSSR count). The van der Waals surface area contributed by atoms with E-state index in [0.717, 1.165) is 17.8 Å². The van der Waals surface area contributed by atoms with Crippen molar-refractivity contribution >= 4 is 32.8 Å². The number of amides is 1. The van der Waals surface area contributed by atoms with Crippen molar-refractivity contribution in [3.05, 3.63) is 59.4 Å². The van der Waals surface area contributed by atoms with Crippen molar-refractivity contribution in [3.8, 4) is 11.3 Å². The number of thiazole rings is 1. The summed E-state index contributed by atoms with van der Waals surface area (Å²) in [5.74, 6) is -0.558. The van der Waals surface area contributed by atoms with Gasteiger partial charge in [-0.1, -0.05) is 18.2 Å². The molecular formula is C21H20FN3O3S2. The topological polar surface area (TPSA) is 79.4 Å². The van der Waals surface area contributed by atoms with Gasteiger partial charge in [0.25, 0.3) is 0 Å². The first-order valence-corrected chi connectivity index (χ1v) is 11.8. The van der Waals surface area contributed by atoms with Gasteiger partial charge >= 0.3 is 0 Å². The number of hydrogen-bond acceptors (Lipinski definition) is 6. The quantitative estimate of drug-likeness (QED) is 0.627. The standard InChI is InChI=1S/C21H20FN3O3S2/c1-23-13-18-24-20(16-8-2-3-9-17(16)22)21(29-18)30(27,28)15-7-4-6-14(12-15)25-11-5-10-19(25)26/h2-4,6-9,12,23H,5,10-11,13H2,1H3. The third kappa shape index (κ3) is 3.76. The number of hydrogen-bond donors (Lipinski definition) is 1. The predicted molar refractivity (Wildman–Crippen MR) is 114 cm³/mol. The molecule has 0 atom stereocenters. The minimum Gasteiger partial charge on any atom is -0.314 e. The number of carbonyl (C=O) groups is 1. The maximum atomic E-state index is 14.5. The molecule has 0 aliphatic carbocycles. The first kappa shape index (κ1) is 20.6. The molecule has 6 nitrogen and oxygen atoms in total. The molecule has 1 N–H and O–H groups in total. The molecule has 1 aliphatic heterocycles. The molecule has 1 aliphatic rings. The number of aromatic nitrogens is 1. The number of anilines is 1. The molecule has 0 saturated carbocycles. The lowest BCUT2D eigenvalue weighted by Crippen LogP contribution is -2.23. The summed E-state index contributed by atoms with van der Waals surface area (Å²) in [5, 5.41) is 3.49. The Morgan fingerprint density at radius 3 is 2.70 bits per heavy atom. The lowest BCUT2D eigenvalue weighted by atomic mass is 10.1. The van der Waals surface area contributed by atoms with E-state index >= 15 is 0 Å². The molecule has 1 amide bonds. The highest BCUT2D eigenvalue weighted by Gasteiger charge is 2.29. The van der Waals surface area contributed by atoms with Crippen LogP contribution < -0.4 is 10.2 Å². The van der Waals surface area contributed by atoms with Gasteiger partial charge in [0.15, 0.2) is 4.21 Å². The zero-order valence-electron chi connectivity index (χ0n) is 16.3. The summed E-state index contributed by atoms with van der Waals surface area (Å²) in [7, 11) is -2.25. The molecule has 30 heavy (non-hydrogen) atoms. The fourth-order valence-corrected chi connectivity index (χ4v) is 6.42. The van der Waals surface area contributed by atoms with Gasteiger partial charge in [0.05, 0.1) is 4.90 Å². The number of carbonyl (C=O) groups excluding carboxylic acids is 1. The number of nitrogens with zero attached hydrogens (tertiary/aromatic N) is 2. The van der Waals surface area contributed by atoms with E-state index in [1.807, 2.05) is 0 Å². The number of halogens is 1. The van der Waals surface area contributed by atoms with E-state index in [4.69, 9.17) is 0 Å². The first-order valence-electron chi connectivity index (χ1n) is 9.46. The normalized spacial score (nSPS) is 14.5. The van der Waals surface area contributed by atoms with E-state index in [9.17, 15) is 17.6 Å². The molecule has 2 aromatic carbocycles. The lowest BCUT2D eigenvalue weighted by molar-refractivity contribution is -0.117. The lowest BCUT2D eigenvalue weighted by Gasteiger charge is -2.16. The van der Waals surface area contributed by atoms with Crippen LogP contribution in [0, 0.1) is 5.82 Å². The maximum Gasteiger partial charge on any atom is 0.227 e. The highest BCUT2D eigenvalue weighted by molar-refractivity contribution is 7.93. The summed E-state index contributed by atoms with van der Waals surface area (Å²) in [6, 6.07) is 12.3. The maximum absolute atomic E-state index is 14.5. The van der Waals surface area contributed by atoms with Gasteiger partial charge in [0.1, 0.15) is 16.5 Å². The van der Waals surface area contributed by atoms with Crippen molar-refractivity contribution in [2.24, 2.45) is 0 Å². The Hall–Kier alpha value is -2.62. The Bertz CT molecular complexity index is 1210. The van der Waals surface area contributed by atoms with Gasteiger partial charge in [-0.15, -0.1) is 11.3 Å². The molecule has 0 spiro atoms. The van der Waals surface area contributed by atoms with Crippen LogP contribution in [-0.4, -0.2) is 32.9 Å². The minimum absolute atomic E-state index is 0.0113. The van der Waals surface area contributed by atoms with Gasteiger partial charge in [-0.25, -0.2) is 17.8 Å². The van der Waals surface area contributed by atoms with E-state index in [-0.39, 0.29) is 26.3 Å². The Labute approximate surface area is 178 Å². The molecule has 1 saturated heterocycles. The van der Waals surface area contributed by atoms with Crippen LogP contribution in [0.25, 0.3) is 11.3 Å². The number of benzene rings is 2. The summed E-state index contributed by atoms with van der Waals surface area (Å²) >= 11 is 1.02. The van der Waals surface area contributed by atoms with E-state index < -0.39 is 15.7 Å². The van der Waals surface area contributed by atoms with Crippen molar-refractivity contribution in [3.63, 3.8) is 0 Å². The second-order valence-electron chi connectivity index (χ2n) is 6.90. The zero-order valence-corrected chi connectivity index (χ0v) is 17.9. The van der Waals surface area contributed by atoms with Crippen LogP contribution in [0.1, 0.15) is 17.8 Å². The van der Waals surface area contributed by atoms with Gasteiger partial charge in [-0.3, -0.25) is 4.79 Å². The molecule has 0 bridgehead atoms. The van der Waals surface area contributed by atoms with Gasteiger partial charge < -0.3 is 10.2 Å². The predicted octanol–water partition coefficient (Wildman–Crippen LogP) is 3.63. The van der Waals surface area contributed by atoms with E-state index in [1.165, 1.54) is 24.3 Å². The first-order chi connectivity index (χ1) is 14.4. The number of rotatable bonds is 6. The smallest absolute Gasteiger partial charge is 0.227 e. The van der Waals surface area contributed by atoms with Crippen LogP contribution in [0.2, 0.25) is 0 Å². The van der Waals surface area contributed by atoms with Crippen molar-refractivity contribution < 1.29 is 17.6 Å². The van der Waals surface area contributed by atoms with Crippen LogP contribution in [0.15, 0.2) is 57.6 Å². The SMILES string of the molecule is CNCc1nc(-c2ccccc2F)c(S(=O)(=O)c2cccc(N3CCCC3=O)c2)s1. The molecule has 1 aromatic heterocycles. The second kappa shape index (κ2) is 8.25. The van der Waals surface area contributed by atoms with Crippen molar-refractivity contribution in [1.82, 2.24) is 10.3 Å². The summed E-state index contributed by atoms with van der Waals surface area (Å²) in [4.78, 5) is 18.1. The Morgan fingerprint density at radius 1 is 1.20 bits per heavy atom. The van der Waals surface area contributed by atoms with Crippen molar-refractivity contribution in [2.45, 2.75) is 28.5 Å². The highest BCUT2D eigenvalue weighted by atomic mass is 32.2. The van der Waals surface area contributed by atoms with Crippen molar-refractivity contribution in [2.75, 3.05) is 18.5 Å². The van der Waals surface area contributed by atoms with Crippen LogP contribution in [-0.2, 0) is 21.2 Å². The van der Waals surface area contributed by atoms with Gasteiger partial charge in [0.2, 0.25) is 15.7 Å². The third-order valence-corrected chi connectivity index (χ3v) is 8.17. The van der Waals surface area contributed by atoms with Gasteiger partial charge in [0, 0.05) is 30.8 Å². The van der Waals surface area contributed by atoms with Crippen LogP contribution >= 0.6 is 11.3 Å². The van der Waals surface area contributed by atoms with E-state index in [0.29, 0.717) is 30.2 Å². The third-order valence-electron chi connectivity index (χ3n) is 4.85. The average molecular weight is 446 g/mol. The molecule has 0 radical (unpaired) electrons. The Morgan fingerprint density at radius 2 is 2.00 bits per heavy atom. The Balaban J connectivity index is 1.83. The molecule has 156 valence electrons. The molecule has 1 fully saturated rings. The van der Waals surface area contributed by atoms with Crippen molar-refractivity contribution in [1.29, 1.82) is 0 Å². The molecule has 0 unspecified atom stereocenters.